The molecule has 5 nitrogen and oxygen atoms in total. The molecule has 3 aromatic heterocycles. The lowest BCUT2D eigenvalue weighted by Crippen LogP contribution is -1.88. The predicted octanol–water partition coefficient (Wildman–Crippen LogP) is 3.83. The van der Waals surface area contributed by atoms with Gasteiger partial charge in [-0.25, -0.2) is 4.98 Å². The summed E-state index contributed by atoms with van der Waals surface area (Å²) in [7, 11) is 0. The van der Waals surface area contributed by atoms with Crippen LogP contribution in [0.1, 0.15) is 5.89 Å². The minimum Gasteiger partial charge on any atom is -0.419 e. The van der Waals surface area contributed by atoms with Crippen molar-refractivity contribution in [3.63, 3.8) is 0 Å². The zero-order valence-electron chi connectivity index (χ0n) is 10.1. The maximum atomic E-state index is 5.63. The fourth-order valence-corrected chi connectivity index (χ4v) is 3.47. The molecule has 3 rings (SSSR count). The van der Waals surface area contributed by atoms with Crippen LogP contribution in [0.3, 0.4) is 0 Å². The molecule has 0 atom stereocenters. The second-order valence-electron chi connectivity index (χ2n) is 3.81. The Bertz CT molecular complexity index is 710. The molecule has 8 heteroatoms. The van der Waals surface area contributed by atoms with E-state index < -0.39 is 0 Å². The van der Waals surface area contributed by atoms with Gasteiger partial charge in [0, 0.05) is 11.1 Å². The molecule has 0 aliphatic rings. The third kappa shape index (κ3) is 3.20. The number of nitrogens with zero attached hydrogens (tertiary/aromatic N) is 3. The maximum absolute atomic E-state index is 5.63. The summed E-state index contributed by atoms with van der Waals surface area (Å²) in [5.74, 6) is 2.25. The Kier molecular flexibility index (Phi) is 4.04. The fourth-order valence-electron chi connectivity index (χ4n) is 1.46. The molecule has 3 aromatic rings. The summed E-state index contributed by atoms with van der Waals surface area (Å²) in [6.07, 6.45) is 1.73. The van der Waals surface area contributed by atoms with Crippen LogP contribution >= 0.6 is 39.0 Å². The minimum absolute atomic E-state index is 0.512. The highest BCUT2D eigenvalue weighted by Gasteiger charge is 2.11. The first-order chi connectivity index (χ1) is 9.70. The summed E-state index contributed by atoms with van der Waals surface area (Å²) in [6, 6.07) is 7.59. The van der Waals surface area contributed by atoms with Gasteiger partial charge in [-0.3, -0.25) is 0 Å². The van der Waals surface area contributed by atoms with Crippen molar-refractivity contribution in [2.24, 2.45) is 0 Å². The molecule has 0 unspecified atom stereocenters. The van der Waals surface area contributed by atoms with Crippen molar-refractivity contribution in [3.05, 3.63) is 40.1 Å². The van der Waals surface area contributed by atoms with E-state index in [1.807, 2.05) is 18.2 Å². The van der Waals surface area contributed by atoms with E-state index in [1.165, 1.54) is 0 Å². The smallest absolute Gasteiger partial charge is 0.257 e. The Morgan fingerprint density at radius 1 is 1.25 bits per heavy atom. The van der Waals surface area contributed by atoms with Gasteiger partial charge in [0.2, 0.25) is 5.89 Å². The Morgan fingerprint density at radius 3 is 2.85 bits per heavy atom. The molecule has 0 spiro atoms. The van der Waals surface area contributed by atoms with E-state index >= 15 is 0 Å². The van der Waals surface area contributed by atoms with Gasteiger partial charge in [0.15, 0.2) is 0 Å². The molecular formula is C12H9BrN4OS2. The number of anilines is 1. The molecule has 2 N–H and O–H groups in total. The summed E-state index contributed by atoms with van der Waals surface area (Å²) >= 11 is 6.55. The molecule has 0 radical (unpaired) electrons. The summed E-state index contributed by atoms with van der Waals surface area (Å²) < 4.78 is 6.67. The molecule has 0 aliphatic heterocycles. The predicted molar refractivity (Wildman–Crippen MR) is 83.5 cm³/mol. The molecular weight excluding hydrogens is 360 g/mol. The monoisotopic (exact) mass is 368 g/mol. The van der Waals surface area contributed by atoms with Crippen LogP contribution in [0.5, 0.6) is 0 Å². The number of thiophene rings is 1. The number of halogens is 1. The van der Waals surface area contributed by atoms with E-state index in [0.717, 1.165) is 13.6 Å². The third-order valence-electron chi connectivity index (χ3n) is 2.37. The topological polar surface area (TPSA) is 77.8 Å². The number of pyridine rings is 1. The number of nitrogen functional groups attached to an aromatic ring is 1. The number of thioether (sulfide) groups is 1. The Balaban J connectivity index is 1.67. The van der Waals surface area contributed by atoms with Gasteiger partial charge in [-0.15, -0.1) is 33.3 Å². The average Bonchev–Trinajstić information content (AvgIpc) is 3.07. The van der Waals surface area contributed by atoms with Crippen LogP contribution in [-0.4, -0.2) is 15.2 Å². The molecule has 3 heterocycles. The molecule has 20 heavy (non-hydrogen) atoms. The molecule has 102 valence electrons. The van der Waals surface area contributed by atoms with Gasteiger partial charge in [0.05, 0.1) is 14.4 Å². The summed E-state index contributed by atoms with van der Waals surface area (Å²) in [5, 5.41) is 8.09. The lowest BCUT2D eigenvalue weighted by Gasteiger charge is -1.97. The molecule has 0 saturated carbocycles. The van der Waals surface area contributed by atoms with Crippen LogP contribution in [0.15, 0.2) is 43.6 Å². The fraction of sp³-hybridized carbons (Fsp3) is 0.0833. The quantitative estimate of drug-likeness (QED) is 0.705. The minimum atomic E-state index is 0.512. The molecule has 0 amide bonds. The van der Waals surface area contributed by atoms with Gasteiger partial charge >= 0.3 is 0 Å². The van der Waals surface area contributed by atoms with E-state index in [1.54, 1.807) is 35.4 Å². The summed E-state index contributed by atoms with van der Waals surface area (Å²) in [6.45, 7) is 0. The Hall–Kier alpha value is -1.38. The van der Waals surface area contributed by atoms with Gasteiger partial charge in [0.25, 0.3) is 5.89 Å². The normalized spacial score (nSPS) is 10.8. The molecule has 0 saturated heterocycles. The van der Waals surface area contributed by atoms with Gasteiger partial charge in [0.1, 0.15) is 5.82 Å². The van der Waals surface area contributed by atoms with E-state index in [4.69, 9.17) is 10.2 Å². The Morgan fingerprint density at radius 2 is 2.15 bits per heavy atom. The van der Waals surface area contributed by atoms with Crippen molar-refractivity contribution in [2.45, 2.75) is 10.6 Å². The second-order valence-corrected chi connectivity index (χ2v) is 7.32. The van der Waals surface area contributed by atoms with E-state index in [-0.39, 0.29) is 0 Å². The lowest BCUT2D eigenvalue weighted by molar-refractivity contribution is 0.529. The highest BCUT2D eigenvalue weighted by Crippen LogP contribution is 2.31. The zero-order valence-corrected chi connectivity index (χ0v) is 13.3. The average molecular weight is 369 g/mol. The van der Waals surface area contributed by atoms with Crippen molar-refractivity contribution >= 4 is 44.8 Å². The van der Waals surface area contributed by atoms with Crippen molar-refractivity contribution in [2.75, 3.05) is 5.73 Å². The van der Waals surface area contributed by atoms with Crippen LogP contribution in [0.4, 0.5) is 5.82 Å². The van der Waals surface area contributed by atoms with Gasteiger partial charge in [-0.1, -0.05) is 0 Å². The van der Waals surface area contributed by atoms with E-state index in [2.05, 4.69) is 31.1 Å². The van der Waals surface area contributed by atoms with Crippen molar-refractivity contribution in [3.8, 4) is 10.8 Å². The zero-order chi connectivity index (χ0) is 13.9. The summed E-state index contributed by atoms with van der Waals surface area (Å²) in [4.78, 5) is 6.00. The highest BCUT2D eigenvalue weighted by molar-refractivity contribution is 9.11. The van der Waals surface area contributed by atoms with Crippen LogP contribution < -0.4 is 5.73 Å². The van der Waals surface area contributed by atoms with Crippen LogP contribution in [0.2, 0.25) is 0 Å². The van der Waals surface area contributed by atoms with Crippen LogP contribution in [-0.2, 0) is 5.75 Å². The number of rotatable bonds is 4. The van der Waals surface area contributed by atoms with Crippen molar-refractivity contribution in [1.29, 1.82) is 0 Å². The molecule has 0 aromatic carbocycles. The van der Waals surface area contributed by atoms with E-state index in [9.17, 15) is 0 Å². The maximum Gasteiger partial charge on any atom is 0.257 e. The highest BCUT2D eigenvalue weighted by atomic mass is 79.9. The largest absolute Gasteiger partial charge is 0.419 e. The summed E-state index contributed by atoms with van der Waals surface area (Å²) in [5.41, 5.74) is 5.54. The van der Waals surface area contributed by atoms with Crippen molar-refractivity contribution < 1.29 is 4.42 Å². The second kappa shape index (κ2) is 5.94. The first kappa shape index (κ1) is 13.6. The first-order valence-corrected chi connectivity index (χ1v) is 8.22. The van der Waals surface area contributed by atoms with Crippen LogP contribution in [0, 0.1) is 0 Å². The van der Waals surface area contributed by atoms with Gasteiger partial charge in [-0.05, 0) is 40.2 Å². The number of hydrogen-bond acceptors (Lipinski definition) is 7. The van der Waals surface area contributed by atoms with Gasteiger partial charge in [-0.2, -0.15) is 0 Å². The van der Waals surface area contributed by atoms with Crippen molar-refractivity contribution in [1.82, 2.24) is 15.2 Å². The molecule has 0 fully saturated rings. The van der Waals surface area contributed by atoms with Crippen LogP contribution in [0.25, 0.3) is 10.8 Å². The third-order valence-corrected chi connectivity index (χ3v) is 4.95. The Labute approximate surface area is 131 Å². The number of aromatic nitrogens is 3. The molecule has 0 aliphatic carbocycles. The van der Waals surface area contributed by atoms with Gasteiger partial charge < -0.3 is 10.2 Å². The first-order valence-electron chi connectivity index (χ1n) is 5.63. The van der Waals surface area contributed by atoms with E-state index in [0.29, 0.717) is 23.4 Å². The SMILES string of the molecule is Nc1ccc(SCc2nnc(-c3ccc(Br)s3)o2)cn1. The molecule has 0 bridgehead atoms. The number of hydrogen-bond donors (Lipinski definition) is 1. The lowest BCUT2D eigenvalue weighted by atomic mass is 10.5. The number of nitrogens with two attached hydrogens (primary N) is 1. The standard InChI is InChI=1S/C12H9BrN4OS2/c13-9-3-2-8(20-9)12-17-16-11(18-12)6-19-7-1-4-10(14)15-5-7/h1-5H,6H2,(H2,14,15).